The fourth-order valence-electron chi connectivity index (χ4n) is 2.89. The van der Waals surface area contributed by atoms with Gasteiger partial charge in [-0.25, -0.2) is 0 Å². The maximum Gasteiger partial charge on any atom is 0.233 e. The number of hydrogen-bond acceptors (Lipinski definition) is 4. The van der Waals surface area contributed by atoms with E-state index in [1.54, 1.807) is 11.8 Å². The molecule has 0 spiro atoms. The molecule has 5 nitrogen and oxygen atoms in total. The van der Waals surface area contributed by atoms with Gasteiger partial charge >= 0.3 is 0 Å². The third kappa shape index (κ3) is 3.59. The lowest BCUT2D eigenvalue weighted by Gasteiger charge is -2.19. The summed E-state index contributed by atoms with van der Waals surface area (Å²) >= 11 is 1.54. The molecule has 1 saturated heterocycles. The zero-order chi connectivity index (χ0) is 14.7. The molecule has 1 aromatic heterocycles. The number of thioether (sulfide) groups is 1. The van der Waals surface area contributed by atoms with Crippen LogP contribution < -0.4 is 0 Å². The van der Waals surface area contributed by atoms with Crippen molar-refractivity contribution in [1.82, 2.24) is 19.7 Å². The Balaban J connectivity index is 1.57. The van der Waals surface area contributed by atoms with Crippen molar-refractivity contribution < 1.29 is 4.79 Å². The van der Waals surface area contributed by atoms with Gasteiger partial charge in [-0.3, -0.25) is 4.79 Å². The van der Waals surface area contributed by atoms with Crippen molar-refractivity contribution in [3.8, 4) is 0 Å². The molecule has 116 valence electrons. The van der Waals surface area contributed by atoms with Crippen LogP contribution in [-0.2, 0) is 11.3 Å². The van der Waals surface area contributed by atoms with Gasteiger partial charge in [0, 0.05) is 25.6 Å². The van der Waals surface area contributed by atoms with E-state index in [0.717, 1.165) is 43.5 Å². The minimum Gasteiger partial charge on any atom is -0.342 e. The molecule has 1 aliphatic heterocycles. The molecule has 2 heterocycles. The van der Waals surface area contributed by atoms with Crippen LogP contribution in [0.1, 0.15) is 57.2 Å². The SMILES string of the molecule is CCn1c(SCC(=O)N2CCCCCC2)nnc1C1CC1. The molecule has 0 radical (unpaired) electrons. The van der Waals surface area contributed by atoms with E-state index < -0.39 is 0 Å². The minimum absolute atomic E-state index is 0.250. The van der Waals surface area contributed by atoms with Gasteiger partial charge < -0.3 is 9.47 Å². The van der Waals surface area contributed by atoms with Crippen LogP contribution >= 0.6 is 11.8 Å². The highest BCUT2D eigenvalue weighted by Crippen LogP contribution is 2.39. The Hall–Kier alpha value is -1.04. The van der Waals surface area contributed by atoms with E-state index in [-0.39, 0.29) is 5.91 Å². The summed E-state index contributed by atoms with van der Waals surface area (Å²) in [6, 6.07) is 0. The van der Waals surface area contributed by atoms with Crippen LogP contribution in [0.2, 0.25) is 0 Å². The minimum atomic E-state index is 0.250. The van der Waals surface area contributed by atoms with Crippen molar-refractivity contribution in [2.75, 3.05) is 18.8 Å². The van der Waals surface area contributed by atoms with E-state index in [4.69, 9.17) is 0 Å². The number of nitrogens with zero attached hydrogens (tertiary/aromatic N) is 4. The second-order valence-corrected chi connectivity index (χ2v) is 6.89. The smallest absolute Gasteiger partial charge is 0.233 e. The Bertz CT molecular complexity index is 490. The van der Waals surface area contributed by atoms with Gasteiger partial charge in [-0.05, 0) is 32.6 Å². The summed E-state index contributed by atoms with van der Waals surface area (Å²) < 4.78 is 2.18. The summed E-state index contributed by atoms with van der Waals surface area (Å²) in [5.74, 6) is 2.46. The molecule has 1 aliphatic carbocycles. The van der Waals surface area contributed by atoms with Gasteiger partial charge in [0.25, 0.3) is 0 Å². The highest BCUT2D eigenvalue weighted by molar-refractivity contribution is 7.99. The molecule has 0 aromatic carbocycles. The zero-order valence-electron chi connectivity index (χ0n) is 12.8. The zero-order valence-corrected chi connectivity index (χ0v) is 13.6. The molecule has 0 atom stereocenters. The third-order valence-corrected chi connectivity index (χ3v) is 5.24. The third-order valence-electron chi connectivity index (χ3n) is 4.29. The van der Waals surface area contributed by atoms with Gasteiger partial charge in [0.15, 0.2) is 5.16 Å². The van der Waals surface area contributed by atoms with Crippen molar-refractivity contribution in [3.63, 3.8) is 0 Å². The quantitative estimate of drug-likeness (QED) is 0.785. The van der Waals surface area contributed by atoms with Gasteiger partial charge in [0.2, 0.25) is 5.91 Å². The first kappa shape index (κ1) is 14.9. The number of carbonyl (C=O) groups is 1. The average molecular weight is 308 g/mol. The summed E-state index contributed by atoms with van der Waals surface area (Å²) in [5, 5.41) is 9.52. The van der Waals surface area contributed by atoms with Gasteiger partial charge in [0.1, 0.15) is 5.82 Å². The number of hydrogen-bond donors (Lipinski definition) is 0. The fraction of sp³-hybridized carbons (Fsp3) is 0.800. The standard InChI is InChI=1S/C15H24N4OS/c1-2-19-14(12-7-8-12)16-17-15(19)21-11-13(20)18-9-5-3-4-6-10-18/h12H,2-11H2,1H3. The normalized spacial score (nSPS) is 19.6. The number of carbonyl (C=O) groups excluding carboxylic acids is 1. The van der Waals surface area contributed by atoms with E-state index >= 15 is 0 Å². The molecule has 3 rings (SSSR count). The van der Waals surface area contributed by atoms with Crippen molar-refractivity contribution in [2.24, 2.45) is 0 Å². The molecule has 6 heteroatoms. The van der Waals surface area contributed by atoms with Gasteiger partial charge in [-0.1, -0.05) is 24.6 Å². The first-order chi connectivity index (χ1) is 10.3. The van der Waals surface area contributed by atoms with Crippen LogP contribution in [0.25, 0.3) is 0 Å². The molecule has 0 bridgehead atoms. The molecule has 1 amide bonds. The Morgan fingerprint density at radius 1 is 1.19 bits per heavy atom. The topological polar surface area (TPSA) is 51.0 Å². The summed E-state index contributed by atoms with van der Waals surface area (Å²) in [7, 11) is 0. The molecule has 1 aromatic rings. The predicted octanol–water partition coefficient (Wildman–Crippen LogP) is 2.67. The number of likely N-dealkylation sites (tertiary alicyclic amines) is 1. The van der Waals surface area contributed by atoms with Crippen LogP contribution in [0.5, 0.6) is 0 Å². The molecule has 1 saturated carbocycles. The average Bonchev–Trinajstić information content (AvgIpc) is 3.29. The molecular weight excluding hydrogens is 284 g/mol. The van der Waals surface area contributed by atoms with Crippen molar-refractivity contribution >= 4 is 17.7 Å². The van der Waals surface area contributed by atoms with Gasteiger partial charge in [0.05, 0.1) is 5.75 Å². The molecule has 0 unspecified atom stereocenters. The van der Waals surface area contributed by atoms with E-state index in [9.17, 15) is 4.79 Å². The lowest BCUT2D eigenvalue weighted by Crippen LogP contribution is -2.33. The first-order valence-electron chi connectivity index (χ1n) is 8.13. The van der Waals surface area contributed by atoms with Gasteiger partial charge in [-0.2, -0.15) is 0 Å². The number of amides is 1. The molecule has 2 aliphatic rings. The Morgan fingerprint density at radius 2 is 1.90 bits per heavy atom. The van der Waals surface area contributed by atoms with Crippen molar-refractivity contribution in [2.45, 2.75) is 63.1 Å². The molecule has 21 heavy (non-hydrogen) atoms. The monoisotopic (exact) mass is 308 g/mol. The van der Waals surface area contributed by atoms with Crippen LogP contribution in [0.15, 0.2) is 5.16 Å². The summed E-state index contributed by atoms with van der Waals surface area (Å²) in [6.07, 6.45) is 7.27. The second kappa shape index (κ2) is 6.81. The fourth-order valence-corrected chi connectivity index (χ4v) is 3.80. The Labute approximate surface area is 130 Å². The van der Waals surface area contributed by atoms with Gasteiger partial charge in [-0.15, -0.1) is 10.2 Å². The van der Waals surface area contributed by atoms with E-state index in [0.29, 0.717) is 11.7 Å². The van der Waals surface area contributed by atoms with E-state index in [1.807, 2.05) is 4.90 Å². The van der Waals surface area contributed by atoms with Crippen LogP contribution in [0.3, 0.4) is 0 Å². The summed E-state index contributed by atoms with van der Waals surface area (Å²) in [6.45, 7) is 4.86. The Morgan fingerprint density at radius 3 is 2.52 bits per heavy atom. The highest BCUT2D eigenvalue weighted by atomic mass is 32.2. The van der Waals surface area contributed by atoms with Crippen LogP contribution in [0, 0.1) is 0 Å². The van der Waals surface area contributed by atoms with Crippen LogP contribution in [-0.4, -0.2) is 44.4 Å². The van der Waals surface area contributed by atoms with E-state index in [1.165, 1.54) is 25.7 Å². The lowest BCUT2D eigenvalue weighted by atomic mass is 10.2. The summed E-state index contributed by atoms with van der Waals surface area (Å²) in [4.78, 5) is 14.3. The van der Waals surface area contributed by atoms with E-state index in [2.05, 4.69) is 21.7 Å². The maximum absolute atomic E-state index is 12.3. The predicted molar refractivity (Wildman–Crippen MR) is 83.4 cm³/mol. The van der Waals surface area contributed by atoms with Crippen molar-refractivity contribution in [1.29, 1.82) is 0 Å². The largest absolute Gasteiger partial charge is 0.342 e. The maximum atomic E-state index is 12.3. The highest BCUT2D eigenvalue weighted by Gasteiger charge is 2.30. The molecule has 2 fully saturated rings. The molecular formula is C15H24N4OS. The second-order valence-electron chi connectivity index (χ2n) is 5.94. The summed E-state index contributed by atoms with van der Waals surface area (Å²) in [5.41, 5.74) is 0. The van der Waals surface area contributed by atoms with Crippen molar-refractivity contribution in [3.05, 3.63) is 5.82 Å². The lowest BCUT2D eigenvalue weighted by molar-refractivity contribution is -0.128. The number of rotatable bonds is 5. The first-order valence-corrected chi connectivity index (χ1v) is 9.12. The molecule has 0 N–H and O–H groups in total. The Kier molecular flexibility index (Phi) is 4.83. The van der Waals surface area contributed by atoms with Crippen LogP contribution in [0.4, 0.5) is 0 Å². The number of aromatic nitrogens is 3.